The topological polar surface area (TPSA) is 35.2 Å². The summed E-state index contributed by atoms with van der Waals surface area (Å²) in [6, 6.07) is 0. The molecule has 0 atom stereocenters. The van der Waals surface area contributed by atoms with Crippen molar-refractivity contribution >= 4 is 0 Å². The van der Waals surface area contributed by atoms with E-state index in [4.69, 9.17) is 10.5 Å². The Bertz CT molecular complexity index is 359. The Morgan fingerprint density at radius 3 is 2.47 bits per heavy atom. The summed E-state index contributed by atoms with van der Waals surface area (Å²) in [5, 5.41) is 0. The van der Waals surface area contributed by atoms with Crippen molar-refractivity contribution in [1.29, 1.82) is 0 Å². The number of hydrogen-bond donors (Lipinski definition) is 1. The lowest BCUT2D eigenvalue weighted by molar-refractivity contribution is 0.0961. The van der Waals surface area contributed by atoms with E-state index in [1.54, 1.807) is 6.26 Å². The van der Waals surface area contributed by atoms with Crippen LogP contribution in [0, 0.1) is 11.3 Å². The SMILES string of the molecule is C=C/C(=C\C=C/C)C/C(N)=C/OCC(C)(C)C(C)C. The Morgan fingerprint density at radius 1 is 1.37 bits per heavy atom. The predicted molar refractivity (Wildman–Crippen MR) is 84.6 cm³/mol. The molecule has 0 bridgehead atoms. The lowest BCUT2D eigenvalue weighted by atomic mass is 9.82. The quantitative estimate of drug-likeness (QED) is 0.514. The van der Waals surface area contributed by atoms with Crippen molar-refractivity contribution < 1.29 is 4.74 Å². The second-order valence-electron chi connectivity index (χ2n) is 5.80. The zero-order valence-electron chi connectivity index (χ0n) is 13.1. The molecular formula is C17H29NO. The van der Waals surface area contributed by atoms with Gasteiger partial charge >= 0.3 is 0 Å². The first-order valence-electron chi connectivity index (χ1n) is 6.84. The highest BCUT2D eigenvalue weighted by molar-refractivity contribution is 5.26. The average molecular weight is 263 g/mol. The molecule has 0 aromatic heterocycles. The van der Waals surface area contributed by atoms with Crippen LogP contribution in [0.25, 0.3) is 0 Å². The van der Waals surface area contributed by atoms with Crippen molar-refractivity contribution in [2.45, 2.75) is 41.0 Å². The summed E-state index contributed by atoms with van der Waals surface area (Å²) in [5.74, 6) is 0.570. The first kappa shape index (κ1) is 17.6. The number of nitrogens with two attached hydrogens (primary N) is 1. The van der Waals surface area contributed by atoms with Gasteiger partial charge in [-0.15, -0.1) is 0 Å². The summed E-state index contributed by atoms with van der Waals surface area (Å²) in [6.07, 6.45) is 10.1. The lowest BCUT2D eigenvalue weighted by Crippen LogP contribution is -2.24. The van der Waals surface area contributed by atoms with Crippen LogP contribution < -0.4 is 5.73 Å². The molecule has 0 aliphatic rings. The molecule has 0 heterocycles. The van der Waals surface area contributed by atoms with Crippen molar-refractivity contribution in [3.05, 3.63) is 48.4 Å². The average Bonchev–Trinajstić information content (AvgIpc) is 2.33. The predicted octanol–water partition coefficient (Wildman–Crippen LogP) is 4.56. The van der Waals surface area contributed by atoms with Crippen LogP contribution in [-0.2, 0) is 4.74 Å². The van der Waals surface area contributed by atoms with Gasteiger partial charge in [-0.05, 0) is 18.4 Å². The van der Waals surface area contributed by atoms with Crippen molar-refractivity contribution in [1.82, 2.24) is 0 Å². The van der Waals surface area contributed by atoms with Gasteiger partial charge in [-0.1, -0.05) is 58.6 Å². The molecule has 0 saturated heterocycles. The first-order chi connectivity index (χ1) is 8.83. The van der Waals surface area contributed by atoms with E-state index in [1.165, 1.54) is 0 Å². The van der Waals surface area contributed by atoms with E-state index < -0.39 is 0 Å². The molecule has 0 unspecified atom stereocenters. The number of hydrogen-bond acceptors (Lipinski definition) is 2. The number of rotatable bonds is 8. The van der Waals surface area contributed by atoms with Gasteiger partial charge in [-0.25, -0.2) is 0 Å². The van der Waals surface area contributed by atoms with Crippen LogP contribution in [0.4, 0.5) is 0 Å². The number of ether oxygens (including phenoxy) is 1. The summed E-state index contributed by atoms with van der Waals surface area (Å²) in [4.78, 5) is 0. The normalized spacial score (nSPS) is 14.2. The number of allylic oxidation sites excluding steroid dienone is 5. The fourth-order valence-electron chi connectivity index (χ4n) is 1.23. The zero-order valence-corrected chi connectivity index (χ0v) is 13.1. The molecule has 108 valence electrons. The maximum Gasteiger partial charge on any atom is 0.102 e. The van der Waals surface area contributed by atoms with E-state index in [1.807, 2.05) is 31.2 Å². The minimum absolute atomic E-state index is 0.152. The van der Waals surface area contributed by atoms with Crippen molar-refractivity contribution in [2.75, 3.05) is 6.61 Å². The van der Waals surface area contributed by atoms with Crippen molar-refractivity contribution in [2.24, 2.45) is 17.1 Å². The van der Waals surface area contributed by atoms with E-state index in [0.717, 1.165) is 11.3 Å². The highest BCUT2D eigenvalue weighted by Gasteiger charge is 2.22. The fourth-order valence-corrected chi connectivity index (χ4v) is 1.23. The molecule has 2 heteroatoms. The molecule has 0 saturated carbocycles. The van der Waals surface area contributed by atoms with E-state index in [9.17, 15) is 0 Å². The van der Waals surface area contributed by atoms with Gasteiger partial charge in [0.15, 0.2) is 0 Å². The molecule has 0 spiro atoms. The monoisotopic (exact) mass is 263 g/mol. The van der Waals surface area contributed by atoms with Crippen LogP contribution in [0.3, 0.4) is 0 Å². The van der Waals surface area contributed by atoms with Gasteiger partial charge in [0.2, 0.25) is 0 Å². The van der Waals surface area contributed by atoms with E-state index >= 15 is 0 Å². The van der Waals surface area contributed by atoms with Crippen LogP contribution in [0.15, 0.2) is 48.4 Å². The van der Waals surface area contributed by atoms with Gasteiger partial charge in [-0.3, -0.25) is 0 Å². The summed E-state index contributed by atoms with van der Waals surface area (Å²) in [7, 11) is 0. The van der Waals surface area contributed by atoms with Crippen molar-refractivity contribution in [3.63, 3.8) is 0 Å². The second kappa shape index (κ2) is 8.63. The van der Waals surface area contributed by atoms with Gasteiger partial charge in [0.25, 0.3) is 0 Å². The largest absolute Gasteiger partial charge is 0.499 e. The smallest absolute Gasteiger partial charge is 0.102 e. The lowest BCUT2D eigenvalue weighted by Gasteiger charge is -2.28. The van der Waals surface area contributed by atoms with Crippen LogP contribution in [-0.4, -0.2) is 6.61 Å². The minimum Gasteiger partial charge on any atom is -0.499 e. The van der Waals surface area contributed by atoms with E-state index in [2.05, 4.69) is 34.3 Å². The molecule has 0 fully saturated rings. The summed E-state index contributed by atoms with van der Waals surface area (Å²) in [5.41, 5.74) is 7.90. The minimum atomic E-state index is 0.152. The molecule has 0 rings (SSSR count). The Labute approximate surface area is 118 Å². The molecular weight excluding hydrogens is 234 g/mol. The second-order valence-corrected chi connectivity index (χ2v) is 5.80. The van der Waals surface area contributed by atoms with Gasteiger partial charge in [0.1, 0.15) is 6.26 Å². The van der Waals surface area contributed by atoms with Gasteiger partial charge in [0, 0.05) is 17.5 Å². The highest BCUT2D eigenvalue weighted by atomic mass is 16.5. The standard InChI is InChI=1S/C17H29NO/c1-7-9-10-15(8-2)11-16(18)12-19-13-17(5,6)14(3)4/h7-10,12,14H,2,11,13,18H2,1,3-6H3/b9-7-,15-10+,16-12-. The molecule has 0 radical (unpaired) electrons. The molecule has 0 aliphatic carbocycles. The fraction of sp³-hybridized carbons (Fsp3) is 0.529. The van der Waals surface area contributed by atoms with E-state index in [-0.39, 0.29) is 5.41 Å². The maximum atomic E-state index is 5.95. The Hall–Kier alpha value is -1.44. The van der Waals surface area contributed by atoms with E-state index in [0.29, 0.717) is 18.9 Å². The third-order valence-corrected chi connectivity index (χ3v) is 3.43. The zero-order chi connectivity index (χ0) is 14.9. The third kappa shape index (κ3) is 7.55. The molecule has 19 heavy (non-hydrogen) atoms. The molecule has 0 aromatic carbocycles. The Balaban J connectivity index is 4.39. The van der Waals surface area contributed by atoms with Gasteiger partial charge in [0.05, 0.1) is 6.61 Å². The summed E-state index contributed by atoms with van der Waals surface area (Å²) in [6.45, 7) is 15.2. The third-order valence-electron chi connectivity index (χ3n) is 3.43. The highest BCUT2D eigenvalue weighted by Crippen LogP contribution is 2.26. The van der Waals surface area contributed by atoms with Crippen LogP contribution >= 0.6 is 0 Å². The Morgan fingerprint density at radius 2 is 2.00 bits per heavy atom. The molecule has 0 amide bonds. The van der Waals surface area contributed by atoms with Crippen LogP contribution in [0.1, 0.15) is 41.0 Å². The Kier molecular flexibility index (Phi) is 7.97. The maximum absolute atomic E-state index is 5.95. The van der Waals surface area contributed by atoms with Crippen LogP contribution in [0.5, 0.6) is 0 Å². The molecule has 0 aliphatic heterocycles. The molecule has 2 N–H and O–H groups in total. The summed E-state index contributed by atoms with van der Waals surface area (Å²) >= 11 is 0. The molecule has 2 nitrogen and oxygen atoms in total. The molecule has 0 aromatic rings. The first-order valence-corrected chi connectivity index (χ1v) is 6.84. The van der Waals surface area contributed by atoms with Crippen molar-refractivity contribution in [3.8, 4) is 0 Å². The van der Waals surface area contributed by atoms with Gasteiger partial charge < -0.3 is 10.5 Å². The van der Waals surface area contributed by atoms with Gasteiger partial charge in [-0.2, -0.15) is 0 Å². The van der Waals surface area contributed by atoms with Crippen LogP contribution in [0.2, 0.25) is 0 Å². The summed E-state index contributed by atoms with van der Waals surface area (Å²) < 4.78 is 5.60.